The predicted octanol–water partition coefficient (Wildman–Crippen LogP) is 4.43. The number of hydrogen-bond acceptors (Lipinski definition) is 3. The maximum atomic E-state index is 6.12. The number of ether oxygens (including phenoxy) is 3. The minimum Gasteiger partial charge on any atom is -0.494 e. The lowest BCUT2D eigenvalue weighted by Crippen LogP contribution is -2.16. The van der Waals surface area contributed by atoms with Gasteiger partial charge >= 0.3 is 0 Å². The van der Waals surface area contributed by atoms with Gasteiger partial charge in [-0.3, -0.25) is 0 Å². The fourth-order valence-corrected chi connectivity index (χ4v) is 3.75. The molecule has 0 aromatic heterocycles. The van der Waals surface area contributed by atoms with Crippen molar-refractivity contribution in [3.8, 4) is 5.75 Å². The smallest absolute Gasteiger partial charge is 0.119 e. The van der Waals surface area contributed by atoms with E-state index in [9.17, 15) is 0 Å². The molecule has 0 unspecified atom stereocenters. The van der Waals surface area contributed by atoms with Crippen LogP contribution in [-0.2, 0) is 16.1 Å². The van der Waals surface area contributed by atoms with Crippen molar-refractivity contribution in [2.75, 3.05) is 13.2 Å². The second-order valence-corrected chi connectivity index (χ2v) is 6.18. The minimum atomic E-state index is 0.0989. The number of fused-ring (bicyclic) bond motifs is 1. The zero-order valence-electron chi connectivity index (χ0n) is 13.4. The predicted molar refractivity (Wildman–Crippen MR) is 88.4 cm³/mol. The van der Waals surface area contributed by atoms with E-state index in [1.54, 1.807) is 0 Å². The topological polar surface area (TPSA) is 27.7 Å². The van der Waals surface area contributed by atoms with Gasteiger partial charge in [0, 0.05) is 12.5 Å². The molecule has 2 aromatic carbocycles. The van der Waals surface area contributed by atoms with Crippen LogP contribution in [0.5, 0.6) is 5.75 Å². The third-order valence-corrected chi connectivity index (χ3v) is 4.83. The fraction of sp³-hybridized carbons (Fsp3) is 0.400. The molecule has 1 saturated heterocycles. The van der Waals surface area contributed by atoms with Gasteiger partial charge in [0.1, 0.15) is 5.75 Å². The van der Waals surface area contributed by atoms with Crippen molar-refractivity contribution < 1.29 is 14.2 Å². The Morgan fingerprint density at radius 1 is 1.00 bits per heavy atom. The molecule has 2 aromatic rings. The van der Waals surface area contributed by atoms with Gasteiger partial charge in [0.25, 0.3) is 0 Å². The first-order valence-electron chi connectivity index (χ1n) is 8.40. The van der Waals surface area contributed by atoms with E-state index in [0.29, 0.717) is 19.1 Å². The Balaban J connectivity index is 1.57. The summed E-state index contributed by atoms with van der Waals surface area (Å²) in [5, 5.41) is 0. The van der Waals surface area contributed by atoms with Gasteiger partial charge in [-0.1, -0.05) is 36.4 Å². The summed E-state index contributed by atoms with van der Waals surface area (Å²) in [5.74, 6) is 1.28. The Hall–Kier alpha value is -1.84. The van der Waals surface area contributed by atoms with Crippen LogP contribution in [-0.4, -0.2) is 13.2 Å². The number of hydrogen-bond donors (Lipinski definition) is 0. The van der Waals surface area contributed by atoms with Crippen LogP contribution in [0.15, 0.2) is 48.5 Å². The highest BCUT2D eigenvalue weighted by Gasteiger charge is 2.40. The fourth-order valence-electron chi connectivity index (χ4n) is 3.75. The second kappa shape index (κ2) is 6.34. The van der Waals surface area contributed by atoms with Crippen molar-refractivity contribution in [2.45, 2.75) is 32.2 Å². The highest BCUT2D eigenvalue weighted by molar-refractivity contribution is 5.34. The summed E-state index contributed by atoms with van der Waals surface area (Å²) in [6.07, 6.45) is 1.28. The third-order valence-electron chi connectivity index (χ3n) is 4.83. The molecule has 0 bridgehead atoms. The molecule has 0 saturated carbocycles. The molecule has 2 aliphatic heterocycles. The van der Waals surface area contributed by atoms with Crippen LogP contribution in [0.25, 0.3) is 0 Å². The molecule has 2 aliphatic rings. The molecule has 3 heteroatoms. The van der Waals surface area contributed by atoms with E-state index in [1.165, 1.54) is 16.7 Å². The molecule has 4 rings (SSSR count). The van der Waals surface area contributed by atoms with Crippen LogP contribution in [0.1, 0.15) is 42.2 Å². The van der Waals surface area contributed by atoms with E-state index in [-0.39, 0.29) is 12.2 Å². The van der Waals surface area contributed by atoms with Gasteiger partial charge in [-0.2, -0.15) is 0 Å². The lowest BCUT2D eigenvalue weighted by molar-refractivity contribution is -0.0116. The van der Waals surface area contributed by atoms with E-state index < -0.39 is 0 Å². The standard InChI is InChI=1S/C20H22O3/c1-2-21-16-9-7-14(8-10-16)19-18(11-12-22-19)20-17-6-4-3-5-15(17)13-23-20/h3-10,18-20H,2,11-13H2,1H3/t18-,19+,20+/m0/s1. The minimum absolute atomic E-state index is 0.0989. The second-order valence-electron chi connectivity index (χ2n) is 6.18. The molecule has 0 N–H and O–H groups in total. The van der Waals surface area contributed by atoms with Crippen molar-refractivity contribution in [3.05, 3.63) is 65.2 Å². The van der Waals surface area contributed by atoms with Crippen molar-refractivity contribution in [1.82, 2.24) is 0 Å². The molecule has 0 amide bonds. The van der Waals surface area contributed by atoms with Crippen molar-refractivity contribution in [2.24, 2.45) is 5.92 Å². The number of benzene rings is 2. The molecule has 3 nitrogen and oxygen atoms in total. The molecule has 23 heavy (non-hydrogen) atoms. The molecular weight excluding hydrogens is 288 g/mol. The summed E-state index contributed by atoms with van der Waals surface area (Å²) >= 11 is 0. The van der Waals surface area contributed by atoms with E-state index in [4.69, 9.17) is 14.2 Å². The SMILES string of the molecule is CCOc1ccc([C@H]2OCC[C@@H]2[C@@H]2OCc3ccccc32)cc1. The zero-order valence-corrected chi connectivity index (χ0v) is 13.4. The van der Waals surface area contributed by atoms with Gasteiger partial charge < -0.3 is 14.2 Å². The molecule has 0 spiro atoms. The molecule has 0 aliphatic carbocycles. The van der Waals surface area contributed by atoms with E-state index in [0.717, 1.165) is 18.8 Å². The highest BCUT2D eigenvalue weighted by Crippen LogP contribution is 2.47. The summed E-state index contributed by atoms with van der Waals surface area (Å²) in [6.45, 7) is 4.20. The van der Waals surface area contributed by atoms with Crippen LogP contribution in [0.4, 0.5) is 0 Å². The lowest BCUT2D eigenvalue weighted by Gasteiger charge is -2.25. The largest absolute Gasteiger partial charge is 0.494 e. The average Bonchev–Trinajstić information content (AvgIpc) is 3.22. The van der Waals surface area contributed by atoms with Gasteiger partial charge in [0.2, 0.25) is 0 Å². The van der Waals surface area contributed by atoms with Crippen LogP contribution in [0.3, 0.4) is 0 Å². The number of rotatable bonds is 4. The van der Waals surface area contributed by atoms with Gasteiger partial charge in [0.15, 0.2) is 0 Å². The molecule has 3 atom stereocenters. The van der Waals surface area contributed by atoms with Crippen LogP contribution in [0, 0.1) is 5.92 Å². The average molecular weight is 310 g/mol. The summed E-state index contributed by atoms with van der Waals surface area (Å²) in [5.41, 5.74) is 3.86. The summed E-state index contributed by atoms with van der Waals surface area (Å²) in [7, 11) is 0. The maximum absolute atomic E-state index is 6.12. The normalized spacial score (nSPS) is 26.2. The van der Waals surface area contributed by atoms with Crippen LogP contribution in [0.2, 0.25) is 0 Å². The van der Waals surface area contributed by atoms with Gasteiger partial charge in [-0.15, -0.1) is 0 Å². The first-order valence-corrected chi connectivity index (χ1v) is 8.40. The van der Waals surface area contributed by atoms with Crippen molar-refractivity contribution in [1.29, 1.82) is 0 Å². The summed E-state index contributed by atoms with van der Waals surface area (Å²) in [6, 6.07) is 16.8. The van der Waals surface area contributed by atoms with Gasteiger partial charge in [0.05, 0.1) is 25.4 Å². The summed E-state index contributed by atoms with van der Waals surface area (Å²) in [4.78, 5) is 0. The Kier molecular flexibility index (Phi) is 4.06. The first kappa shape index (κ1) is 14.7. The molecule has 1 fully saturated rings. The Bertz CT molecular complexity index is 665. The quantitative estimate of drug-likeness (QED) is 0.836. The van der Waals surface area contributed by atoms with E-state index in [1.807, 2.05) is 19.1 Å². The van der Waals surface area contributed by atoms with Crippen LogP contribution < -0.4 is 4.74 Å². The molecular formula is C20H22O3. The van der Waals surface area contributed by atoms with Crippen molar-refractivity contribution in [3.63, 3.8) is 0 Å². The third kappa shape index (κ3) is 2.75. The zero-order chi connectivity index (χ0) is 15.6. The molecule has 120 valence electrons. The molecule has 2 heterocycles. The summed E-state index contributed by atoms with van der Waals surface area (Å²) < 4.78 is 17.7. The van der Waals surface area contributed by atoms with E-state index >= 15 is 0 Å². The first-order chi connectivity index (χ1) is 11.4. The Labute approximate surface area is 137 Å². The van der Waals surface area contributed by atoms with Gasteiger partial charge in [-0.25, -0.2) is 0 Å². The molecule has 0 radical (unpaired) electrons. The van der Waals surface area contributed by atoms with Crippen LogP contribution >= 0.6 is 0 Å². The van der Waals surface area contributed by atoms with Gasteiger partial charge in [-0.05, 0) is 42.2 Å². The lowest BCUT2D eigenvalue weighted by atomic mass is 9.86. The maximum Gasteiger partial charge on any atom is 0.119 e. The Morgan fingerprint density at radius 3 is 2.65 bits per heavy atom. The Morgan fingerprint density at radius 2 is 1.83 bits per heavy atom. The van der Waals surface area contributed by atoms with Crippen molar-refractivity contribution >= 4 is 0 Å². The van der Waals surface area contributed by atoms with E-state index in [2.05, 4.69) is 36.4 Å². The monoisotopic (exact) mass is 310 g/mol. The highest BCUT2D eigenvalue weighted by atomic mass is 16.5.